The molecule has 1 atom stereocenters. The van der Waals surface area contributed by atoms with Crippen molar-refractivity contribution in [1.29, 1.82) is 0 Å². The summed E-state index contributed by atoms with van der Waals surface area (Å²) in [5, 5.41) is 3.32. The molecule has 25 heavy (non-hydrogen) atoms. The van der Waals surface area contributed by atoms with Crippen LogP contribution in [0.15, 0.2) is 35.0 Å². The number of hydrogen-bond donors (Lipinski definition) is 0. The zero-order valence-corrected chi connectivity index (χ0v) is 13.4. The van der Waals surface area contributed by atoms with E-state index in [1.54, 1.807) is 0 Å². The van der Waals surface area contributed by atoms with Crippen LogP contribution in [-0.2, 0) is 4.74 Å². The smallest absolute Gasteiger partial charge is 0.413 e. The normalized spacial score (nSPS) is 14.8. The molecule has 0 aliphatic heterocycles. The van der Waals surface area contributed by atoms with Crippen LogP contribution < -0.4 is 5.12 Å². The van der Waals surface area contributed by atoms with Gasteiger partial charge in [-0.2, -0.15) is 0 Å². The van der Waals surface area contributed by atoms with Gasteiger partial charge in [-0.25, -0.2) is 9.18 Å². The summed E-state index contributed by atoms with van der Waals surface area (Å²) >= 11 is 0. The van der Waals surface area contributed by atoms with Crippen molar-refractivity contribution in [2.75, 3.05) is 5.12 Å². The lowest BCUT2D eigenvalue weighted by atomic mass is 10.0. The number of benzene rings is 1. The lowest BCUT2D eigenvalue weighted by Gasteiger charge is -2.14. The van der Waals surface area contributed by atoms with Crippen LogP contribution >= 0.6 is 0 Å². The second-order valence-corrected chi connectivity index (χ2v) is 5.74. The second kappa shape index (κ2) is 7.00. The summed E-state index contributed by atoms with van der Waals surface area (Å²) in [5.74, 6) is 0.326. The Morgan fingerprint density at radius 1 is 1.44 bits per heavy atom. The van der Waals surface area contributed by atoms with E-state index in [0.717, 1.165) is 12.8 Å². The average Bonchev–Trinajstić information content (AvgIpc) is 3.36. The van der Waals surface area contributed by atoms with E-state index >= 15 is 0 Å². The zero-order chi connectivity index (χ0) is 18.0. The fourth-order valence-corrected chi connectivity index (χ4v) is 2.33. The first-order valence-electron chi connectivity index (χ1n) is 7.91. The number of halogens is 2. The number of hydrogen-bond acceptors (Lipinski definition) is 5. The molecule has 1 aromatic heterocycles. The highest BCUT2D eigenvalue weighted by Crippen LogP contribution is 2.42. The Balaban J connectivity index is 1.80. The van der Waals surface area contributed by atoms with Crippen molar-refractivity contribution in [3.05, 3.63) is 47.3 Å². The van der Waals surface area contributed by atoms with Gasteiger partial charge in [-0.05, 0) is 25.0 Å². The molecule has 0 radical (unpaired) electrons. The molecular weight excluding hydrogens is 334 g/mol. The number of carbonyl (C=O) groups excluding carboxylic acids is 2. The van der Waals surface area contributed by atoms with Crippen LogP contribution in [0.4, 0.5) is 19.4 Å². The van der Waals surface area contributed by atoms with Gasteiger partial charge in [0.2, 0.25) is 6.36 Å². The van der Waals surface area contributed by atoms with E-state index < -0.39 is 12.5 Å². The predicted molar refractivity (Wildman–Crippen MR) is 83.6 cm³/mol. The number of ether oxygens (including phenoxy) is 1. The van der Waals surface area contributed by atoms with Gasteiger partial charge in [0.15, 0.2) is 11.5 Å². The summed E-state index contributed by atoms with van der Waals surface area (Å²) in [6, 6.07) is 5.36. The van der Waals surface area contributed by atoms with Crippen LogP contribution in [0.2, 0.25) is 0 Å². The number of ketones is 1. The maximum atomic E-state index is 14.1. The molecule has 1 aromatic carbocycles. The Kier molecular flexibility index (Phi) is 4.78. The number of amides is 1. The molecule has 1 fully saturated rings. The molecular formula is C17H16F2N2O4. The molecule has 1 saturated carbocycles. The van der Waals surface area contributed by atoms with Gasteiger partial charge >= 0.3 is 6.09 Å². The maximum absolute atomic E-state index is 14.1. The summed E-state index contributed by atoms with van der Waals surface area (Å²) in [5.41, 5.74) is 0.247. The SMILES string of the molecule is CCC(F)OC(=O)N(F)c1cccc(C(=O)c2cnoc2C2CC2)c1. The third kappa shape index (κ3) is 3.67. The van der Waals surface area contributed by atoms with E-state index in [9.17, 15) is 18.5 Å². The minimum absolute atomic E-state index is 0.0878. The van der Waals surface area contributed by atoms with Crippen LogP contribution in [0.25, 0.3) is 0 Å². The fraction of sp³-hybridized carbons (Fsp3) is 0.353. The van der Waals surface area contributed by atoms with Gasteiger partial charge in [0.05, 0.1) is 17.4 Å². The van der Waals surface area contributed by atoms with Crippen LogP contribution in [-0.4, -0.2) is 23.4 Å². The molecule has 3 rings (SSSR count). The molecule has 1 heterocycles. The number of anilines is 1. The van der Waals surface area contributed by atoms with Gasteiger partial charge < -0.3 is 9.26 Å². The molecule has 0 spiro atoms. The molecule has 0 saturated heterocycles. The van der Waals surface area contributed by atoms with Crippen molar-refractivity contribution in [3.8, 4) is 0 Å². The maximum Gasteiger partial charge on any atom is 0.445 e. The Morgan fingerprint density at radius 2 is 2.20 bits per heavy atom. The lowest BCUT2D eigenvalue weighted by Crippen LogP contribution is -2.26. The number of nitrogens with zero attached hydrogens (tertiary/aromatic N) is 2. The molecule has 2 aromatic rings. The number of alkyl halides is 1. The van der Waals surface area contributed by atoms with Crippen molar-refractivity contribution in [3.63, 3.8) is 0 Å². The molecule has 6 nitrogen and oxygen atoms in total. The number of aromatic nitrogens is 1. The molecule has 0 N–H and O–H groups in total. The summed E-state index contributed by atoms with van der Waals surface area (Å²) in [6.07, 6.45) is -0.270. The average molecular weight is 350 g/mol. The highest BCUT2D eigenvalue weighted by atomic mass is 19.2. The minimum atomic E-state index is -1.89. The molecule has 8 heteroatoms. The van der Waals surface area contributed by atoms with E-state index in [-0.39, 0.29) is 34.5 Å². The highest BCUT2D eigenvalue weighted by molar-refractivity contribution is 6.10. The van der Waals surface area contributed by atoms with E-state index in [1.165, 1.54) is 37.4 Å². The quantitative estimate of drug-likeness (QED) is 0.573. The second-order valence-electron chi connectivity index (χ2n) is 5.74. The Labute approximate surface area is 142 Å². The standard InChI is InChI=1S/C17H16F2N2O4/c1-2-14(18)24-17(23)21(19)12-5-3-4-11(8-12)15(22)13-9-20-25-16(13)10-6-7-10/h3-5,8-10,14H,2,6-7H2,1H3. The van der Waals surface area contributed by atoms with Crippen LogP contribution in [0.3, 0.4) is 0 Å². The topological polar surface area (TPSA) is 72.6 Å². The predicted octanol–water partition coefficient (Wildman–Crippen LogP) is 4.32. The van der Waals surface area contributed by atoms with Gasteiger partial charge in [0.1, 0.15) is 0 Å². The summed E-state index contributed by atoms with van der Waals surface area (Å²) in [4.78, 5) is 24.2. The van der Waals surface area contributed by atoms with Crippen molar-refractivity contribution in [1.82, 2.24) is 5.16 Å². The van der Waals surface area contributed by atoms with E-state index in [4.69, 9.17) is 4.52 Å². The van der Waals surface area contributed by atoms with Crippen molar-refractivity contribution >= 4 is 17.6 Å². The first-order valence-corrected chi connectivity index (χ1v) is 7.91. The van der Waals surface area contributed by atoms with Crippen LogP contribution in [0.5, 0.6) is 0 Å². The molecule has 1 aliphatic carbocycles. The summed E-state index contributed by atoms with van der Waals surface area (Å²) in [7, 11) is 0. The van der Waals surface area contributed by atoms with Gasteiger partial charge in [-0.15, -0.1) is 5.12 Å². The third-order valence-corrected chi connectivity index (χ3v) is 3.84. The lowest BCUT2D eigenvalue weighted by molar-refractivity contribution is 0.0105. The number of carbonyl (C=O) groups is 2. The van der Waals surface area contributed by atoms with Crippen molar-refractivity contribution in [2.24, 2.45) is 0 Å². The summed E-state index contributed by atoms with van der Waals surface area (Å²) in [6.45, 7) is 1.45. The van der Waals surface area contributed by atoms with E-state index in [2.05, 4.69) is 9.89 Å². The van der Waals surface area contributed by atoms with Gasteiger partial charge in [0, 0.05) is 17.9 Å². The highest BCUT2D eigenvalue weighted by Gasteiger charge is 2.33. The Morgan fingerprint density at radius 3 is 2.88 bits per heavy atom. The molecule has 1 unspecified atom stereocenters. The molecule has 0 bridgehead atoms. The van der Waals surface area contributed by atoms with Gasteiger partial charge in [-0.3, -0.25) is 4.79 Å². The van der Waals surface area contributed by atoms with Crippen LogP contribution in [0.1, 0.15) is 53.8 Å². The van der Waals surface area contributed by atoms with Gasteiger partial charge in [-0.1, -0.05) is 28.7 Å². The van der Waals surface area contributed by atoms with E-state index in [0.29, 0.717) is 11.3 Å². The van der Waals surface area contributed by atoms with E-state index in [1.807, 2.05) is 0 Å². The number of rotatable bonds is 6. The van der Waals surface area contributed by atoms with Crippen molar-refractivity contribution < 1.29 is 27.7 Å². The first-order chi connectivity index (χ1) is 12.0. The largest absolute Gasteiger partial charge is 0.445 e. The van der Waals surface area contributed by atoms with Gasteiger partial charge in [0.25, 0.3) is 0 Å². The first kappa shape index (κ1) is 17.1. The Hall–Kier alpha value is -2.77. The molecule has 1 aliphatic rings. The Bertz CT molecular complexity index is 788. The van der Waals surface area contributed by atoms with Crippen molar-refractivity contribution in [2.45, 2.75) is 38.5 Å². The monoisotopic (exact) mass is 350 g/mol. The third-order valence-electron chi connectivity index (χ3n) is 3.84. The summed E-state index contributed by atoms with van der Waals surface area (Å²) < 4.78 is 36.6. The van der Waals surface area contributed by atoms with Crippen LogP contribution in [0, 0.1) is 0 Å². The zero-order valence-electron chi connectivity index (χ0n) is 13.4. The minimum Gasteiger partial charge on any atom is -0.413 e. The molecule has 1 amide bonds. The molecule has 132 valence electrons. The fourth-order valence-electron chi connectivity index (χ4n) is 2.33.